The summed E-state index contributed by atoms with van der Waals surface area (Å²) >= 11 is 0. The highest BCUT2D eigenvalue weighted by Gasteiger charge is 2.26. The van der Waals surface area contributed by atoms with E-state index in [1.807, 2.05) is 4.72 Å². The summed E-state index contributed by atoms with van der Waals surface area (Å²) in [6.07, 6.45) is 0. The number of nitrogens with two attached hydrogens (primary N) is 1. The van der Waals surface area contributed by atoms with E-state index in [9.17, 15) is 23.3 Å². The Morgan fingerprint density at radius 3 is 2.28 bits per heavy atom. The predicted octanol–water partition coefficient (Wildman–Crippen LogP) is 2.58. The minimum Gasteiger partial charge on any atom is -0.354 e. The third kappa shape index (κ3) is 6.16. The average molecular weight is 421 g/mol. The van der Waals surface area contributed by atoms with Crippen LogP contribution in [-0.2, 0) is 16.6 Å². The summed E-state index contributed by atoms with van der Waals surface area (Å²) < 4.78 is 27.4. The molecule has 2 rings (SSSR count). The van der Waals surface area contributed by atoms with Gasteiger partial charge in [0.25, 0.3) is 15.7 Å². The number of benzene rings is 2. The standard InChI is InChI=1S/C18H23N5O5S/c1-18(2,3)21-17(24)22-29(27,28)16-10-14(23(25)26)8-9-15(16)20-13-6-4-12(11-19)5-7-13/h4-10,20H,11,19H2,1-3H3,(H2,21,22,24). The Kier molecular flexibility index (Phi) is 6.44. The lowest BCUT2D eigenvalue weighted by Gasteiger charge is -2.21. The Bertz CT molecular complexity index is 1010. The maximum absolute atomic E-state index is 12.8. The molecule has 2 amide bonds. The molecule has 0 aliphatic rings. The number of carbonyl (C=O) groups is 1. The first-order valence-electron chi connectivity index (χ1n) is 8.61. The van der Waals surface area contributed by atoms with Gasteiger partial charge in [0.15, 0.2) is 0 Å². The summed E-state index contributed by atoms with van der Waals surface area (Å²) in [5, 5.41) is 16.5. The molecule has 0 fully saturated rings. The van der Waals surface area contributed by atoms with Gasteiger partial charge in [0.05, 0.1) is 10.6 Å². The fourth-order valence-corrected chi connectivity index (χ4v) is 3.46. The molecule has 0 aliphatic heterocycles. The minimum absolute atomic E-state index is 0.0761. The van der Waals surface area contributed by atoms with Crippen molar-refractivity contribution in [2.75, 3.05) is 5.32 Å². The van der Waals surface area contributed by atoms with Crippen molar-refractivity contribution in [3.05, 3.63) is 58.1 Å². The van der Waals surface area contributed by atoms with Crippen LogP contribution in [0.3, 0.4) is 0 Å². The molecule has 0 spiro atoms. The fourth-order valence-electron chi connectivity index (χ4n) is 2.37. The number of nitrogens with one attached hydrogen (secondary N) is 3. The second-order valence-corrected chi connectivity index (χ2v) is 8.92. The fraction of sp³-hybridized carbons (Fsp3) is 0.278. The molecule has 10 nitrogen and oxygen atoms in total. The number of carbonyl (C=O) groups excluding carboxylic acids is 1. The van der Waals surface area contributed by atoms with Gasteiger partial charge in [-0.15, -0.1) is 0 Å². The first-order chi connectivity index (χ1) is 13.4. The van der Waals surface area contributed by atoms with Gasteiger partial charge in [-0.3, -0.25) is 10.1 Å². The third-order valence-electron chi connectivity index (χ3n) is 3.65. The van der Waals surface area contributed by atoms with Crippen molar-refractivity contribution in [2.24, 2.45) is 5.73 Å². The number of urea groups is 1. The highest BCUT2D eigenvalue weighted by atomic mass is 32.2. The number of hydrogen-bond acceptors (Lipinski definition) is 7. The number of non-ortho nitro benzene ring substituents is 1. The van der Waals surface area contributed by atoms with E-state index < -0.39 is 37.1 Å². The molecule has 0 aromatic heterocycles. The molecule has 0 heterocycles. The summed E-state index contributed by atoms with van der Waals surface area (Å²) in [6, 6.07) is 9.30. The number of anilines is 2. The molecule has 0 atom stereocenters. The lowest BCUT2D eigenvalue weighted by molar-refractivity contribution is -0.385. The average Bonchev–Trinajstić information content (AvgIpc) is 2.60. The maximum Gasteiger partial charge on any atom is 0.329 e. The topological polar surface area (TPSA) is 156 Å². The molecule has 11 heteroatoms. The van der Waals surface area contributed by atoms with Gasteiger partial charge >= 0.3 is 6.03 Å². The van der Waals surface area contributed by atoms with Crippen molar-refractivity contribution in [2.45, 2.75) is 37.8 Å². The van der Waals surface area contributed by atoms with Crippen LogP contribution in [0.2, 0.25) is 0 Å². The van der Waals surface area contributed by atoms with E-state index in [0.717, 1.165) is 11.6 Å². The summed E-state index contributed by atoms with van der Waals surface area (Å²) in [7, 11) is -4.40. The second kappa shape index (κ2) is 8.45. The molecule has 0 saturated heterocycles. The van der Waals surface area contributed by atoms with E-state index in [-0.39, 0.29) is 5.69 Å². The first-order valence-corrected chi connectivity index (χ1v) is 10.1. The highest BCUT2D eigenvalue weighted by Crippen LogP contribution is 2.29. The number of hydrogen-bond donors (Lipinski definition) is 4. The molecule has 2 aromatic rings. The highest BCUT2D eigenvalue weighted by molar-refractivity contribution is 7.90. The van der Waals surface area contributed by atoms with Gasteiger partial charge < -0.3 is 16.4 Å². The quantitative estimate of drug-likeness (QED) is 0.412. The molecule has 2 aromatic carbocycles. The molecule has 29 heavy (non-hydrogen) atoms. The number of amides is 2. The summed E-state index contributed by atoms with van der Waals surface area (Å²) in [5.41, 5.74) is 5.97. The molecule has 0 saturated carbocycles. The van der Waals surface area contributed by atoms with Crippen LogP contribution in [-0.4, -0.2) is 24.9 Å². The van der Waals surface area contributed by atoms with Crippen molar-refractivity contribution in [3.8, 4) is 0 Å². The van der Waals surface area contributed by atoms with Crippen LogP contribution in [0.25, 0.3) is 0 Å². The summed E-state index contributed by atoms with van der Waals surface area (Å²) in [5.74, 6) is 0. The van der Waals surface area contributed by atoms with Gasteiger partial charge in [0.1, 0.15) is 4.90 Å². The van der Waals surface area contributed by atoms with E-state index in [0.29, 0.717) is 12.2 Å². The Morgan fingerprint density at radius 1 is 1.14 bits per heavy atom. The predicted molar refractivity (Wildman–Crippen MR) is 109 cm³/mol. The number of sulfonamides is 1. The number of nitro groups is 1. The first kappa shape index (κ1) is 22.1. The Labute approximate surface area is 168 Å². The molecule has 0 radical (unpaired) electrons. The Morgan fingerprint density at radius 2 is 1.76 bits per heavy atom. The summed E-state index contributed by atoms with van der Waals surface area (Å²) in [4.78, 5) is 22.0. The maximum atomic E-state index is 12.8. The van der Waals surface area contributed by atoms with Crippen LogP contribution >= 0.6 is 0 Å². The van der Waals surface area contributed by atoms with Crippen molar-refractivity contribution < 1.29 is 18.1 Å². The van der Waals surface area contributed by atoms with Crippen LogP contribution in [0.15, 0.2) is 47.4 Å². The third-order valence-corrected chi connectivity index (χ3v) is 5.02. The smallest absolute Gasteiger partial charge is 0.329 e. The van der Waals surface area contributed by atoms with Crippen molar-refractivity contribution in [1.29, 1.82) is 0 Å². The monoisotopic (exact) mass is 421 g/mol. The molecular weight excluding hydrogens is 398 g/mol. The molecule has 0 bridgehead atoms. The lowest BCUT2D eigenvalue weighted by atomic mass is 10.1. The minimum atomic E-state index is -4.40. The normalized spacial score (nSPS) is 11.6. The van der Waals surface area contributed by atoms with Gasteiger partial charge in [0.2, 0.25) is 0 Å². The van der Waals surface area contributed by atoms with E-state index in [1.54, 1.807) is 45.0 Å². The molecule has 0 aliphatic carbocycles. The van der Waals surface area contributed by atoms with Gasteiger partial charge in [-0.1, -0.05) is 12.1 Å². The van der Waals surface area contributed by atoms with Gasteiger partial charge in [-0.25, -0.2) is 17.9 Å². The number of nitrogens with zero attached hydrogens (tertiary/aromatic N) is 1. The van der Waals surface area contributed by atoms with Gasteiger partial charge in [-0.05, 0) is 44.5 Å². The SMILES string of the molecule is CC(C)(C)NC(=O)NS(=O)(=O)c1cc([N+](=O)[O-])ccc1Nc1ccc(CN)cc1. The largest absolute Gasteiger partial charge is 0.354 e. The van der Waals surface area contributed by atoms with Crippen molar-refractivity contribution >= 4 is 33.1 Å². The second-order valence-electron chi connectivity index (χ2n) is 7.27. The number of nitro benzene ring substituents is 1. The molecule has 0 unspecified atom stereocenters. The zero-order chi connectivity index (χ0) is 21.8. The van der Waals surface area contributed by atoms with E-state index >= 15 is 0 Å². The zero-order valence-corrected chi connectivity index (χ0v) is 17.0. The molecular formula is C18H23N5O5S. The van der Waals surface area contributed by atoms with Crippen LogP contribution in [0.1, 0.15) is 26.3 Å². The van der Waals surface area contributed by atoms with Crippen molar-refractivity contribution in [1.82, 2.24) is 10.0 Å². The van der Waals surface area contributed by atoms with Gasteiger partial charge in [0, 0.05) is 29.9 Å². The van der Waals surface area contributed by atoms with Crippen LogP contribution in [0, 0.1) is 10.1 Å². The van der Waals surface area contributed by atoms with Crippen LogP contribution < -0.4 is 21.1 Å². The van der Waals surface area contributed by atoms with E-state index in [2.05, 4.69) is 10.6 Å². The number of rotatable bonds is 6. The molecule has 5 N–H and O–H groups in total. The zero-order valence-electron chi connectivity index (χ0n) is 16.2. The van der Waals surface area contributed by atoms with E-state index in [1.165, 1.54) is 12.1 Å². The summed E-state index contributed by atoms with van der Waals surface area (Å²) in [6.45, 7) is 5.41. The van der Waals surface area contributed by atoms with Crippen molar-refractivity contribution in [3.63, 3.8) is 0 Å². The van der Waals surface area contributed by atoms with E-state index in [4.69, 9.17) is 5.73 Å². The van der Waals surface area contributed by atoms with Crippen LogP contribution in [0.4, 0.5) is 21.9 Å². The van der Waals surface area contributed by atoms with Crippen LogP contribution in [0.5, 0.6) is 0 Å². The Hall–Kier alpha value is -3.18. The van der Waals surface area contributed by atoms with Gasteiger partial charge in [-0.2, -0.15) is 0 Å². The molecule has 156 valence electrons. The Balaban J connectivity index is 2.42. The lowest BCUT2D eigenvalue weighted by Crippen LogP contribution is -2.48.